The van der Waals surface area contributed by atoms with Gasteiger partial charge in [0.25, 0.3) is 0 Å². The Morgan fingerprint density at radius 2 is 0.856 bits per heavy atom. The van der Waals surface area contributed by atoms with Gasteiger partial charge in [0.1, 0.15) is 23.1 Å². The van der Waals surface area contributed by atoms with Crippen molar-refractivity contribution >= 4 is 126 Å². The smallest absolute Gasteiger partial charge is 0.328 e. The Labute approximate surface area is 590 Å². The molecule has 0 fully saturated rings. The summed E-state index contributed by atoms with van der Waals surface area (Å²) in [7, 11) is 0. The standard InChI is InChI=1S/C82H76B2Cl4N8O/c1-3-4-5-6-7-8-9-10-11-12-13-14-15-16-17-18-19-32-51-97-66-48-43-59(44-49-66)79-76-77(82(78(90-2)75-57-92-72-53-68(87)69(88)54-73(72)94-75)96(79)84(62-37-28-22-29-38-62)63-39-30-23-31-40-63)80(58-41-45-64(85)46-42-58)95(83(60-33-24-20-25-34-60)61-35-26-21-27-36-61)81(76)67(55-89)74-56-91-71-52-65(86)47-50-70(71)93-74/h20-31,33-50,52-54,56-57H,3-19,32,51H2,1H3/b81-67-,82-78+. The molecule has 0 atom stereocenters. The van der Waals surface area contributed by atoms with Gasteiger partial charge in [0.05, 0.1) is 62.5 Å². The maximum atomic E-state index is 12.4. The van der Waals surface area contributed by atoms with Gasteiger partial charge in [-0.05, 0) is 84.3 Å². The van der Waals surface area contributed by atoms with E-state index < -0.39 is 13.7 Å². The SMILES string of the molecule is [C-]#[N+]/C(c1cnc2cc(Cl)c(Cl)cc2n1)=c1\c2c(-c3ccc(Cl)cc3)n(B(c3ccccc3)c3ccccc3)/c(=C(/C#N)c3cnc4cc(Cl)ccc4n3)c2c(-c2ccc(OCCCCCCCCCCCCCCCCCCCC)cc2)n1B(c1ccccc1)c1ccccc1. The van der Waals surface area contributed by atoms with Gasteiger partial charge in [0.2, 0.25) is 5.70 Å². The third-order valence-electron chi connectivity index (χ3n) is 18.4. The molecule has 484 valence electrons. The molecular formula is C82H76B2Cl4N8O. The van der Waals surface area contributed by atoms with Crippen LogP contribution in [0.25, 0.3) is 71.5 Å². The summed E-state index contributed by atoms with van der Waals surface area (Å²) >= 11 is 26.9. The van der Waals surface area contributed by atoms with Gasteiger partial charge in [-0.25, -0.2) is 9.83 Å². The van der Waals surface area contributed by atoms with Gasteiger partial charge in [-0.15, -0.1) is 0 Å². The van der Waals surface area contributed by atoms with E-state index in [4.69, 9.17) is 71.1 Å². The van der Waals surface area contributed by atoms with Crippen molar-refractivity contribution in [3.63, 3.8) is 0 Å². The Balaban J connectivity index is 1.08. The van der Waals surface area contributed by atoms with Gasteiger partial charge in [-0.2, -0.15) is 5.26 Å². The molecule has 4 heterocycles. The van der Waals surface area contributed by atoms with E-state index in [0.29, 0.717) is 93.0 Å². The van der Waals surface area contributed by atoms with Gasteiger partial charge >= 0.3 is 13.7 Å². The van der Waals surface area contributed by atoms with Crippen LogP contribution < -0.4 is 37.3 Å². The lowest BCUT2D eigenvalue weighted by Crippen LogP contribution is -2.54. The molecule has 0 bridgehead atoms. The van der Waals surface area contributed by atoms with E-state index in [1.165, 1.54) is 103 Å². The number of unbranched alkanes of at least 4 members (excludes halogenated alkanes) is 17. The fourth-order valence-corrected chi connectivity index (χ4v) is 14.3. The van der Waals surface area contributed by atoms with Crippen LogP contribution in [0.4, 0.5) is 0 Å². The number of benzene rings is 8. The number of ether oxygens (including phenoxy) is 1. The second kappa shape index (κ2) is 33.4. The van der Waals surface area contributed by atoms with Gasteiger partial charge in [-0.1, -0.05) is 318 Å². The minimum absolute atomic E-state index is 0.189. The monoisotopic (exact) mass is 1350 g/mol. The molecular weight excluding hydrogens is 1280 g/mol. The maximum absolute atomic E-state index is 12.4. The summed E-state index contributed by atoms with van der Waals surface area (Å²) in [4.78, 5) is 25.1. The quantitative estimate of drug-likeness (QED) is 0.0253. The lowest BCUT2D eigenvalue weighted by atomic mass is 9.50. The number of nitrogens with zero attached hydrogens (tertiary/aromatic N) is 8. The number of rotatable bonds is 30. The summed E-state index contributed by atoms with van der Waals surface area (Å²) in [5.74, 6) is 0.732. The molecule has 0 radical (unpaired) electrons. The molecule has 0 aliphatic rings. The van der Waals surface area contributed by atoms with Gasteiger partial charge < -0.3 is 13.7 Å². The zero-order valence-electron chi connectivity index (χ0n) is 54.8. The van der Waals surface area contributed by atoms with Crippen LogP contribution in [0.2, 0.25) is 20.1 Å². The van der Waals surface area contributed by atoms with Crippen molar-refractivity contribution in [3.8, 4) is 34.3 Å². The van der Waals surface area contributed by atoms with Crippen molar-refractivity contribution in [2.75, 3.05) is 6.61 Å². The molecule has 0 spiro atoms. The molecule has 0 aliphatic heterocycles. The van der Waals surface area contributed by atoms with Crippen LogP contribution in [0.5, 0.6) is 5.75 Å². The molecule has 12 rings (SSSR count). The summed E-state index contributed by atoms with van der Waals surface area (Å²) < 4.78 is 11.2. The van der Waals surface area contributed by atoms with E-state index in [2.05, 4.69) is 87.5 Å². The normalized spacial score (nSPS) is 12.0. The molecule has 12 aromatic rings. The summed E-state index contributed by atoms with van der Waals surface area (Å²) in [6, 6.07) is 68.9. The highest BCUT2D eigenvalue weighted by atomic mass is 35.5. The Hall–Kier alpha value is -8.93. The molecule has 4 aromatic heterocycles. The van der Waals surface area contributed by atoms with Crippen LogP contribution >= 0.6 is 46.4 Å². The first-order valence-electron chi connectivity index (χ1n) is 34.3. The van der Waals surface area contributed by atoms with Gasteiger partial charge in [0, 0.05) is 43.8 Å². The first-order valence-corrected chi connectivity index (χ1v) is 35.8. The number of halogens is 4. The molecule has 0 unspecified atom stereocenters. The van der Waals surface area contributed by atoms with Gasteiger partial charge in [-0.3, -0.25) is 15.0 Å². The first kappa shape index (κ1) is 68.0. The molecule has 0 aliphatic carbocycles. The van der Waals surface area contributed by atoms with E-state index >= 15 is 0 Å². The molecule has 97 heavy (non-hydrogen) atoms. The van der Waals surface area contributed by atoms with E-state index in [-0.39, 0.29) is 11.3 Å². The number of aromatic nitrogens is 6. The fourth-order valence-electron chi connectivity index (χ4n) is 13.7. The lowest BCUT2D eigenvalue weighted by Gasteiger charge is -2.24. The predicted octanol–water partition coefficient (Wildman–Crippen LogP) is 18.8. The van der Waals surface area contributed by atoms with E-state index in [0.717, 1.165) is 51.6 Å². The highest BCUT2D eigenvalue weighted by molar-refractivity contribution is 6.85. The second-order valence-corrected chi connectivity index (χ2v) is 26.8. The lowest BCUT2D eigenvalue weighted by molar-refractivity contribution is 0.304. The van der Waals surface area contributed by atoms with Crippen molar-refractivity contribution in [2.24, 2.45) is 0 Å². The van der Waals surface area contributed by atoms with Crippen LogP contribution in [-0.4, -0.2) is 49.2 Å². The average molecular weight is 1350 g/mol. The van der Waals surface area contributed by atoms with Crippen molar-refractivity contribution in [3.05, 3.63) is 266 Å². The number of nitriles is 1. The summed E-state index contributed by atoms with van der Waals surface area (Å²) in [6.45, 7) is 11.3. The van der Waals surface area contributed by atoms with Crippen LogP contribution in [0, 0.1) is 17.9 Å². The molecule has 9 nitrogen and oxygen atoms in total. The van der Waals surface area contributed by atoms with Crippen molar-refractivity contribution in [2.45, 2.75) is 122 Å². The first-order chi connectivity index (χ1) is 47.7. The molecule has 0 saturated carbocycles. The minimum Gasteiger partial charge on any atom is -0.494 e. The van der Waals surface area contributed by atoms with Crippen LogP contribution in [0.1, 0.15) is 134 Å². The van der Waals surface area contributed by atoms with E-state index in [9.17, 15) is 11.8 Å². The molecule has 0 N–H and O–H groups in total. The summed E-state index contributed by atoms with van der Waals surface area (Å²) in [5.41, 5.74) is 9.81. The average Bonchev–Trinajstić information content (AvgIpc) is 1.53. The van der Waals surface area contributed by atoms with Crippen molar-refractivity contribution < 1.29 is 4.74 Å². The van der Waals surface area contributed by atoms with E-state index in [1.54, 1.807) is 36.7 Å². The molecule has 0 amide bonds. The predicted molar refractivity (Wildman–Crippen MR) is 407 cm³/mol. The highest BCUT2D eigenvalue weighted by Crippen LogP contribution is 2.38. The third kappa shape index (κ3) is 15.9. The minimum atomic E-state index is -0.618. The zero-order chi connectivity index (χ0) is 66.9. The Morgan fingerprint density at radius 1 is 0.454 bits per heavy atom. The number of hydrogen-bond acceptors (Lipinski definition) is 6. The molecule has 0 saturated heterocycles. The maximum Gasteiger partial charge on any atom is 0.328 e. The topological polar surface area (TPSA) is 98.8 Å². The molecule has 8 aromatic carbocycles. The van der Waals surface area contributed by atoms with Crippen molar-refractivity contribution in [1.29, 1.82) is 5.26 Å². The number of hydrogen-bond donors (Lipinski definition) is 0. The Kier molecular flexibility index (Phi) is 23.4. The second-order valence-electron chi connectivity index (χ2n) is 25.1. The molecule has 15 heteroatoms. The largest absolute Gasteiger partial charge is 0.494 e. The van der Waals surface area contributed by atoms with E-state index in [1.807, 2.05) is 115 Å². The Bertz CT molecular complexity index is 4790. The fraction of sp³-hybridized carbons (Fsp3) is 0.244. The van der Waals surface area contributed by atoms with Crippen LogP contribution in [-0.2, 0) is 0 Å². The Morgan fingerprint density at radius 3 is 1.33 bits per heavy atom. The van der Waals surface area contributed by atoms with Crippen LogP contribution in [0.3, 0.4) is 0 Å². The van der Waals surface area contributed by atoms with Crippen molar-refractivity contribution in [1.82, 2.24) is 28.9 Å². The summed E-state index contributed by atoms with van der Waals surface area (Å²) in [6.07, 6.45) is 26.9. The summed E-state index contributed by atoms with van der Waals surface area (Å²) in [5, 5.41) is 16.5. The number of fused-ring (bicyclic) bond motifs is 3. The highest BCUT2D eigenvalue weighted by Gasteiger charge is 2.37. The van der Waals surface area contributed by atoms with Crippen LogP contribution in [0.15, 0.2) is 213 Å². The zero-order valence-corrected chi connectivity index (χ0v) is 57.8. The third-order valence-corrected chi connectivity index (χ3v) is 19.6. The van der Waals surface area contributed by atoms with Gasteiger partial charge in [0.15, 0.2) is 0 Å².